The molecule has 2 atom stereocenters. The Bertz CT molecular complexity index is 227. The Morgan fingerprint density at radius 3 is 2.56 bits per heavy atom. The molecular weight excluding hydrogens is 240 g/mol. The number of nitrogens with one attached hydrogen (secondary N) is 1. The van der Waals surface area contributed by atoms with Gasteiger partial charge in [-0.1, -0.05) is 28.0 Å². The lowest BCUT2D eigenvalue weighted by atomic mass is 10.2. The van der Waals surface area contributed by atoms with Gasteiger partial charge < -0.3 is 0 Å². The average Bonchev–Trinajstić information content (AvgIpc) is 2.63. The summed E-state index contributed by atoms with van der Waals surface area (Å²) in [6.07, 6.45) is 4.01. The van der Waals surface area contributed by atoms with E-state index in [4.69, 9.17) is 0 Å². The molecule has 0 radical (unpaired) electrons. The molecule has 0 saturated carbocycles. The van der Waals surface area contributed by atoms with E-state index in [2.05, 4.69) is 41.4 Å². The minimum absolute atomic E-state index is 0.431. The summed E-state index contributed by atoms with van der Waals surface area (Å²) < 4.78 is 0. The lowest BCUT2D eigenvalue weighted by molar-refractivity contribution is -0.0142. The second-order valence-electron chi connectivity index (χ2n) is 4.63. The van der Waals surface area contributed by atoms with Crippen LogP contribution in [-0.4, -0.2) is 60.1 Å². The third-order valence-electron chi connectivity index (χ3n) is 3.07. The maximum Gasteiger partial charge on any atom is 0.133 e. The van der Waals surface area contributed by atoms with E-state index >= 15 is 0 Å². The maximum atomic E-state index is 3.65. The Labute approximate surface area is 106 Å². The molecule has 2 aliphatic heterocycles. The molecule has 1 N–H and O–H groups in total. The number of rotatable bonds is 2. The second kappa shape index (κ2) is 5.93. The SMILES string of the molecule is CN(C)C1NC(N2CCCCCN2C)SS1. The summed E-state index contributed by atoms with van der Waals surface area (Å²) in [6, 6.07) is 0. The van der Waals surface area contributed by atoms with Gasteiger partial charge in [-0.05, 0) is 26.9 Å². The van der Waals surface area contributed by atoms with Crippen molar-refractivity contribution in [2.24, 2.45) is 0 Å². The largest absolute Gasteiger partial charge is 0.285 e. The lowest BCUT2D eigenvalue weighted by Crippen LogP contribution is -2.52. The van der Waals surface area contributed by atoms with Gasteiger partial charge in [0.05, 0.1) is 0 Å². The van der Waals surface area contributed by atoms with E-state index in [1.165, 1.54) is 32.4 Å². The second-order valence-corrected chi connectivity index (χ2v) is 7.07. The molecule has 94 valence electrons. The van der Waals surface area contributed by atoms with E-state index in [9.17, 15) is 0 Å². The molecule has 0 spiro atoms. The van der Waals surface area contributed by atoms with Crippen molar-refractivity contribution in [3.63, 3.8) is 0 Å². The molecule has 2 rings (SSSR count). The van der Waals surface area contributed by atoms with Gasteiger partial charge in [0.1, 0.15) is 11.0 Å². The summed E-state index contributed by atoms with van der Waals surface area (Å²) in [5.41, 5.74) is 0.868. The Kier molecular flexibility index (Phi) is 4.81. The molecular formula is C10H22N4S2. The molecule has 2 heterocycles. The molecule has 0 aromatic carbocycles. The molecule has 0 aromatic heterocycles. The van der Waals surface area contributed by atoms with Crippen molar-refractivity contribution in [2.45, 2.75) is 30.3 Å². The van der Waals surface area contributed by atoms with Crippen LogP contribution in [0.3, 0.4) is 0 Å². The van der Waals surface area contributed by atoms with Crippen molar-refractivity contribution >= 4 is 21.6 Å². The molecule has 0 aromatic rings. The van der Waals surface area contributed by atoms with Crippen molar-refractivity contribution in [2.75, 3.05) is 34.2 Å². The fourth-order valence-electron chi connectivity index (χ4n) is 2.04. The summed E-state index contributed by atoms with van der Waals surface area (Å²) in [7, 11) is 10.3. The normalized spacial score (nSPS) is 34.5. The van der Waals surface area contributed by atoms with E-state index < -0.39 is 0 Å². The first-order valence-corrected chi connectivity index (χ1v) is 8.18. The van der Waals surface area contributed by atoms with Crippen LogP contribution < -0.4 is 5.32 Å². The van der Waals surface area contributed by atoms with Crippen molar-refractivity contribution in [1.29, 1.82) is 0 Å². The monoisotopic (exact) mass is 262 g/mol. The van der Waals surface area contributed by atoms with Crippen LogP contribution >= 0.6 is 21.6 Å². The van der Waals surface area contributed by atoms with E-state index in [1.54, 1.807) is 0 Å². The first-order valence-electron chi connectivity index (χ1n) is 5.91. The minimum atomic E-state index is 0.431. The van der Waals surface area contributed by atoms with E-state index in [0.29, 0.717) is 11.0 Å². The molecule has 4 nitrogen and oxygen atoms in total. The summed E-state index contributed by atoms with van der Waals surface area (Å²) in [4.78, 5) is 2.23. The zero-order chi connectivity index (χ0) is 11.5. The Hall–Kier alpha value is 0.540. The van der Waals surface area contributed by atoms with Gasteiger partial charge in [-0.2, -0.15) is 0 Å². The summed E-state index contributed by atoms with van der Waals surface area (Å²) in [6.45, 7) is 2.37. The van der Waals surface area contributed by atoms with Crippen LogP contribution in [0.25, 0.3) is 0 Å². The highest BCUT2D eigenvalue weighted by molar-refractivity contribution is 8.77. The van der Waals surface area contributed by atoms with Crippen LogP contribution in [0.15, 0.2) is 0 Å². The van der Waals surface area contributed by atoms with Crippen LogP contribution in [0.4, 0.5) is 0 Å². The third-order valence-corrected chi connectivity index (χ3v) is 5.91. The van der Waals surface area contributed by atoms with Crippen molar-refractivity contribution in [1.82, 2.24) is 20.2 Å². The van der Waals surface area contributed by atoms with Crippen LogP contribution in [0.1, 0.15) is 19.3 Å². The fraction of sp³-hybridized carbons (Fsp3) is 1.00. The van der Waals surface area contributed by atoms with Crippen LogP contribution in [-0.2, 0) is 0 Å². The molecule has 2 fully saturated rings. The third kappa shape index (κ3) is 3.05. The van der Waals surface area contributed by atoms with Gasteiger partial charge in [0, 0.05) is 20.1 Å². The van der Waals surface area contributed by atoms with Crippen LogP contribution in [0.2, 0.25) is 0 Å². The van der Waals surface area contributed by atoms with Gasteiger partial charge in [0.15, 0.2) is 0 Å². The summed E-state index contributed by atoms with van der Waals surface area (Å²) >= 11 is 0. The predicted octanol–water partition coefficient (Wildman–Crippen LogP) is 1.43. The van der Waals surface area contributed by atoms with E-state index in [1.807, 2.05) is 21.6 Å². The van der Waals surface area contributed by atoms with E-state index in [-0.39, 0.29) is 0 Å². The van der Waals surface area contributed by atoms with Gasteiger partial charge in [-0.25, -0.2) is 10.0 Å². The summed E-state index contributed by atoms with van der Waals surface area (Å²) in [5.74, 6) is 0. The average molecular weight is 262 g/mol. The van der Waals surface area contributed by atoms with Gasteiger partial charge in [0.25, 0.3) is 0 Å². The number of hydrogen-bond donors (Lipinski definition) is 1. The van der Waals surface area contributed by atoms with Crippen molar-refractivity contribution in [3.05, 3.63) is 0 Å². The molecule has 16 heavy (non-hydrogen) atoms. The Balaban J connectivity index is 1.91. The topological polar surface area (TPSA) is 21.8 Å². The van der Waals surface area contributed by atoms with Crippen molar-refractivity contribution < 1.29 is 0 Å². The van der Waals surface area contributed by atoms with Gasteiger partial charge in [-0.15, -0.1) is 0 Å². The molecule has 0 amide bonds. The first-order chi connectivity index (χ1) is 7.68. The van der Waals surface area contributed by atoms with Crippen molar-refractivity contribution in [3.8, 4) is 0 Å². The first kappa shape index (κ1) is 13.0. The highest BCUT2D eigenvalue weighted by atomic mass is 33.1. The zero-order valence-electron chi connectivity index (χ0n) is 10.3. The maximum absolute atomic E-state index is 3.65. The van der Waals surface area contributed by atoms with Crippen LogP contribution in [0, 0.1) is 0 Å². The highest BCUT2D eigenvalue weighted by Crippen LogP contribution is 2.39. The van der Waals surface area contributed by atoms with Gasteiger partial charge in [0.2, 0.25) is 0 Å². The molecule has 0 bridgehead atoms. The quantitative estimate of drug-likeness (QED) is 0.755. The standard InChI is InChI=1S/C10H22N4S2/c1-12(2)9-11-10(16-15-9)14-8-6-4-5-7-13(14)3/h9-11H,4-8H2,1-3H3. The number of hydrogen-bond acceptors (Lipinski definition) is 6. The fourth-order valence-corrected chi connectivity index (χ4v) is 5.02. The summed E-state index contributed by atoms with van der Waals surface area (Å²) in [5, 5.41) is 8.52. The smallest absolute Gasteiger partial charge is 0.133 e. The lowest BCUT2D eigenvalue weighted by Gasteiger charge is -2.34. The van der Waals surface area contributed by atoms with Gasteiger partial charge >= 0.3 is 0 Å². The van der Waals surface area contributed by atoms with E-state index in [0.717, 1.165) is 0 Å². The minimum Gasteiger partial charge on any atom is -0.285 e. The predicted molar refractivity (Wildman–Crippen MR) is 72.8 cm³/mol. The Morgan fingerprint density at radius 2 is 1.88 bits per heavy atom. The van der Waals surface area contributed by atoms with Crippen LogP contribution in [0.5, 0.6) is 0 Å². The number of hydrazine groups is 1. The zero-order valence-corrected chi connectivity index (χ0v) is 12.0. The molecule has 2 aliphatic rings. The molecule has 2 unspecified atom stereocenters. The Morgan fingerprint density at radius 1 is 1.12 bits per heavy atom. The number of nitrogens with zero attached hydrogens (tertiary/aromatic N) is 3. The molecule has 2 saturated heterocycles. The molecule has 0 aliphatic carbocycles. The highest BCUT2D eigenvalue weighted by Gasteiger charge is 2.33. The van der Waals surface area contributed by atoms with Gasteiger partial charge in [-0.3, -0.25) is 10.2 Å². The molecule has 6 heteroatoms.